The van der Waals surface area contributed by atoms with Crippen molar-refractivity contribution in [3.63, 3.8) is 0 Å². The van der Waals surface area contributed by atoms with Crippen molar-refractivity contribution in [3.05, 3.63) is 0 Å². The van der Waals surface area contributed by atoms with Crippen LogP contribution in [0.4, 0.5) is 9.59 Å². The zero-order valence-electron chi connectivity index (χ0n) is 19.7. The quantitative estimate of drug-likeness (QED) is 0.117. The molecule has 0 aliphatic rings. The number of aliphatic carboxylic acids is 1. The Morgan fingerprint density at radius 1 is 0.970 bits per heavy atom. The molecular formula is C18H34N3O11P. The Hall–Kier alpha value is -2.57. The van der Waals surface area contributed by atoms with Crippen LogP contribution < -0.4 is 5.73 Å². The van der Waals surface area contributed by atoms with E-state index in [0.29, 0.717) is 12.8 Å². The van der Waals surface area contributed by atoms with Crippen molar-refractivity contribution in [1.82, 2.24) is 4.90 Å². The number of rotatable bonds is 14. The minimum absolute atomic E-state index is 0.0912. The number of carbonyl (C=O) groups is 3. The highest BCUT2D eigenvalue weighted by atomic mass is 31.2. The van der Waals surface area contributed by atoms with Crippen LogP contribution in [0.2, 0.25) is 0 Å². The summed E-state index contributed by atoms with van der Waals surface area (Å²) in [5.74, 6) is -1.70. The van der Waals surface area contributed by atoms with Gasteiger partial charge in [-0.15, -0.1) is 4.76 Å². The number of carbonyl (C=O) groups excluding carboxylic acids is 2. The van der Waals surface area contributed by atoms with Crippen LogP contribution in [0, 0.1) is 0 Å². The summed E-state index contributed by atoms with van der Waals surface area (Å²) in [4.78, 5) is 35.7. The van der Waals surface area contributed by atoms with Gasteiger partial charge in [0, 0.05) is 7.05 Å². The van der Waals surface area contributed by atoms with Crippen molar-refractivity contribution >= 4 is 32.0 Å². The van der Waals surface area contributed by atoms with E-state index in [9.17, 15) is 24.1 Å². The topological polar surface area (TPSA) is 186 Å². The van der Waals surface area contributed by atoms with Crippen LogP contribution >= 0.6 is 7.75 Å². The first-order valence-corrected chi connectivity index (χ1v) is 11.8. The Kier molecular flexibility index (Phi) is 14.1. The normalized spacial score (nSPS) is 16.0. The van der Waals surface area contributed by atoms with Gasteiger partial charge in [-0.1, -0.05) is 20.8 Å². The molecule has 0 spiro atoms. The Balaban J connectivity index is 5.64. The second kappa shape index (κ2) is 15.3. The van der Waals surface area contributed by atoms with Gasteiger partial charge in [-0.3, -0.25) is 0 Å². The summed E-state index contributed by atoms with van der Waals surface area (Å²) in [7, 11) is -3.31. The molecule has 192 valence electrons. The van der Waals surface area contributed by atoms with Crippen molar-refractivity contribution < 1.29 is 52.1 Å². The first-order valence-electron chi connectivity index (χ1n) is 10.3. The van der Waals surface area contributed by atoms with E-state index >= 15 is 0 Å². The second-order valence-electron chi connectivity index (χ2n) is 6.58. The van der Waals surface area contributed by atoms with Crippen molar-refractivity contribution in [3.8, 4) is 0 Å². The Morgan fingerprint density at radius 2 is 1.39 bits per heavy atom. The largest absolute Gasteiger partial charge is 0.510 e. The zero-order valence-corrected chi connectivity index (χ0v) is 20.6. The average molecular weight is 499 g/mol. The lowest BCUT2D eigenvalue weighted by atomic mass is 10.2. The number of nitrogens with two attached hydrogens (primary N) is 1. The SMILES string of the molecule is CCCOC(=O)OC(C)OP(=O)(N=C(N)N(C)C(CC)C(=O)O)OC(C)OC(=O)OCCC. The summed E-state index contributed by atoms with van der Waals surface area (Å²) in [5, 5.41) is 9.30. The fourth-order valence-corrected chi connectivity index (χ4v) is 3.54. The van der Waals surface area contributed by atoms with Crippen molar-refractivity contribution in [1.29, 1.82) is 0 Å². The van der Waals surface area contributed by atoms with Gasteiger partial charge in [0.15, 0.2) is 0 Å². The van der Waals surface area contributed by atoms with Crippen LogP contribution in [0.3, 0.4) is 0 Å². The molecule has 0 amide bonds. The lowest BCUT2D eigenvalue weighted by Crippen LogP contribution is -2.45. The maximum atomic E-state index is 13.3. The summed E-state index contributed by atoms with van der Waals surface area (Å²) in [6.07, 6.45) is -3.90. The predicted molar refractivity (Wildman–Crippen MR) is 115 cm³/mol. The molecule has 0 saturated carbocycles. The molecule has 0 aliphatic heterocycles. The molecule has 0 bridgehead atoms. The molecule has 15 heteroatoms. The molecule has 0 heterocycles. The molecule has 0 radical (unpaired) electrons. The van der Waals surface area contributed by atoms with Crippen LogP contribution in [-0.2, 0) is 37.4 Å². The first-order chi connectivity index (χ1) is 15.4. The molecule has 0 aromatic heterocycles. The van der Waals surface area contributed by atoms with E-state index in [4.69, 9.17) is 33.7 Å². The van der Waals surface area contributed by atoms with Gasteiger partial charge in [0.2, 0.25) is 18.5 Å². The van der Waals surface area contributed by atoms with Gasteiger partial charge >= 0.3 is 26.0 Å². The van der Waals surface area contributed by atoms with Gasteiger partial charge in [0.1, 0.15) is 6.04 Å². The van der Waals surface area contributed by atoms with E-state index < -0.39 is 50.6 Å². The van der Waals surface area contributed by atoms with Crippen LogP contribution in [0.25, 0.3) is 0 Å². The molecule has 3 unspecified atom stereocenters. The van der Waals surface area contributed by atoms with E-state index in [1.165, 1.54) is 20.9 Å². The summed E-state index contributed by atoms with van der Waals surface area (Å²) in [5.41, 5.74) is 5.82. The van der Waals surface area contributed by atoms with Gasteiger partial charge in [0.25, 0.3) is 0 Å². The number of guanidine groups is 1. The monoisotopic (exact) mass is 499 g/mol. The van der Waals surface area contributed by atoms with Crippen LogP contribution in [0.5, 0.6) is 0 Å². The molecular weight excluding hydrogens is 465 g/mol. The molecule has 3 atom stereocenters. The first kappa shape index (κ1) is 30.4. The number of carboxylic acid groups (broad SMARTS) is 1. The van der Waals surface area contributed by atoms with Crippen molar-refractivity contribution in [2.24, 2.45) is 10.5 Å². The predicted octanol–water partition coefficient (Wildman–Crippen LogP) is 3.06. The fraction of sp³-hybridized carbons (Fsp3) is 0.778. The number of nitrogens with zero attached hydrogens (tertiary/aromatic N) is 2. The standard InChI is InChI=1S/C18H34N3O11P/c1-7-10-27-17(24)29-12(4)31-33(26,32-13(5)30-18(25)28-11-8-2)20-16(19)21(6)14(9-3)15(22)23/h12-14H,7-11H2,1-6H3,(H,22,23)(H2,19,20,26). The summed E-state index contributed by atoms with van der Waals surface area (Å²) < 4.78 is 46.4. The molecule has 0 aliphatic carbocycles. The molecule has 0 rings (SSSR count). The highest BCUT2D eigenvalue weighted by Gasteiger charge is 2.35. The number of hydrogen-bond acceptors (Lipinski definition) is 10. The number of likely N-dealkylation sites (N-methyl/N-ethyl adjacent to an activating group) is 1. The fourth-order valence-electron chi connectivity index (χ4n) is 2.17. The van der Waals surface area contributed by atoms with Gasteiger partial charge in [0.05, 0.1) is 13.2 Å². The van der Waals surface area contributed by atoms with E-state index in [-0.39, 0.29) is 19.6 Å². The van der Waals surface area contributed by atoms with E-state index in [2.05, 4.69) is 4.76 Å². The summed E-state index contributed by atoms with van der Waals surface area (Å²) >= 11 is 0. The van der Waals surface area contributed by atoms with Gasteiger partial charge in [-0.05, 0) is 33.1 Å². The van der Waals surface area contributed by atoms with Gasteiger partial charge in [-0.2, -0.15) is 0 Å². The third-order valence-corrected chi connectivity index (χ3v) is 5.24. The maximum Gasteiger partial charge on any atom is 0.510 e. The average Bonchev–Trinajstić information content (AvgIpc) is 2.69. The lowest BCUT2D eigenvalue weighted by Gasteiger charge is -2.26. The zero-order chi connectivity index (χ0) is 25.6. The minimum Gasteiger partial charge on any atom is -0.480 e. The summed E-state index contributed by atoms with van der Waals surface area (Å²) in [6.45, 7) is 7.76. The number of hydrogen-bond donors (Lipinski definition) is 2. The smallest absolute Gasteiger partial charge is 0.480 e. The summed E-state index contributed by atoms with van der Waals surface area (Å²) in [6, 6.07) is -1.09. The highest BCUT2D eigenvalue weighted by molar-refractivity contribution is 7.52. The minimum atomic E-state index is -4.62. The molecule has 0 fully saturated rings. The van der Waals surface area contributed by atoms with E-state index in [1.54, 1.807) is 20.8 Å². The molecule has 14 nitrogen and oxygen atoms in total. The van der Waals surface area contributed by atoms with Gasteiger partial charge < -0.3 is 34.7 Å². The van der Waals surface area contributed by atoms with Crippen LogP contribution in [0.15, 0.2) is 4.76 Å². The Labute approximate surface area is 192 Å². The molecule has 0 aromatic carbocycles. The van der Waals surface area contributed by atoms with E-state index in [1.807, 2.05) is 0 Å². The second-order valence-corrected chi connectivity index (χ2v) is 8.14. The third kappa shape index (κ3) is 12.3. The Morgan fingerprint density at radius 3 is 1.73 bits per heavy atom. The molecule has 3 N–H and O–H groups in total. The van der Waals surface area contributed by atoms with Crippen LogP contribution in [0.1, 0.15) is 53.9 Å². The molecule has 33 heavy (non-hydrogen) atoms. The molecule has 0 saturated heterocycles. The molecule has 0 aromatic rings. The van der Waals surface area contributed by atoms with Crippen LogP contribution in [-0.4, -0.2) is 73.1 Å². The maximum absolute atomic E-state index is 13.3. The number of ether oxygens (including phenoxy) is 4. The highest BCUT2D eigenvalue weighted by Crippen LogP contribution is 2.52. The van der Waals surface area contributed by atoms with E-state index in [0.717, 1.165) is 4.90 Å². The third-order valence-electron chi connectivity index (χ3n) is 3.66. The lowest BCUT2D eigenvalue weighted by molar-refractivity contribution is -0.141. The van der Waals surface area contributed by atoms with Crippen molar-refractivity contribution in [2.45, 2.75) is 72.5 Å². The number of carboxylic acids is 1. The van der Waals surface area contributed by atoms with Gasteiger partial charge in [-0.25, -0.2) is 28.0 Å². The Bertz CT molecular complexity index is 685. The van der Waals surface area contributed by atoms with Crippen molar-refractivity contribution in [2.75, 3.05) is 20.3 Å².